The molecule has 0 fully saturated rings. The molecule has 24 heavy (non-hydrogen) atoms. The molecule has 8 nitrogen and oxygen atoms in total. The van der Waals surface area contributed by atoms with Crippen LogP contribution in [0.25, 0.3) is 11.0 Å². The van der Waals surface area contributed by atoms with E-state index in [4.69, 9.17) is 16.3 Å². The second-order valence-electron chi connectivity index (χ2n) is 5.12. The van der Waals surface area contributed by atoms with Crippen LogP contribution in [0.15, 0.2) is 22.1 Å². The van der Waals surface area contributed by atoms with Crippen molar-refractivity contribution in [2.24, 2.45) is 4.99 Å². The van der Waals surface area contributed by atoms with Gasteiger partial charge in [0.15, 0.2) is 10.8 Å². The molecule has 0 saturated heterocycles. The van der Waals surface area contributed by atoms with Gasteiger partial charge < -0.3 is 9.84 Å². The molecule has 2 aromatic heterocycles. The van der Waals surface area contributed by atoms with Crippen molar-refractivity contribution in [3.63, 3.8) is 0 Å². The fourth-order valence-electron chi connectivity index (χ4n) is 2.43. The lowest BCUT2D eigenvalue weighted by Gasteiger charge is -2.14. The van der Waals surface area contributed by atoms with E-state index in [0.717, 1.165) is 0 Å². The Balaban J connectivity index is 2.37. The Morgan fingerprint density at radius 3 is 2.79 bits per heavy atom. The van der Waals surface area contributed by atoms with Crippen LogP contribution < -0.4 is 5.43 Å². The zero-order valence-electron chi connectivity index (χ0n) is 13.0. The highest BCUT2D eigenvalue weighted by molar-refractivity contribution is 8.12. The van der Waals surface area contributed by atoms with Crippen LogP contribution in [-0.2, 0) is 4.74 Å². The largest absolute Gasteiger partial charge is 0.477 e. The Labute approximate surface area is 145 Å². The molecule has 0 radical (unpaired) electrons. The van der Waals surface area contributed by atoms with Crippen molar-refractivity contribution in [2.45, 2.75) is 13.3 Å². The van der Waals surface area contributed by atoms with Gasteiger partial charge >= 0.3 is 5.97 Å². The molecule has 3 heterocycles. The fraction of sp³-hybridized carbons (Fsp3) is 0.286. The van der Waals surface area contributed by atoms with Gasteiger partial charge in [0.2, 0.25) is 11.8 Å². The van der Waals surface area contributed by atoms with E-state index in [1.165, 1.54) is 35.9 Å². The molecule has 1 aliphatic rings. The van der Waals surface area contributed by atoms with Crippen LogP contribution in [0.4, 0.5) is 0 Å². The Kier molecular flexibility index (Phi) is 4.35. The molecule has 1 atom stereocenters. The molecular formula is C14H13ClN4O4S. The van der Waals surface area contributed by atoms with Crippen LogP contribution in [0.2, 0.25) is 5.15 Å². The van der Waals surface area contributed by atoms with Crippen molar-refractivity contribution >= 4 is 45.7 Å². The van der Waals surface area contributed by atoms with Gasteiger partial charge in [-0.25, -0.2) is 19.1 Å². The second kappa shape index (κ2) is 6.17. The van der Waals surface area contributed by atoms with E-state index < -0.39 is 17.7 Å². The number of carbonyl (C=O) groups is 1. The summed E-state index contributed by atoms with van der Waals surface area (Å²) in [6.45, 7) is 1.68. The van der Waals surface area contributed by atoms with Gasteiger partial charge in [-0.2, -0.15) is 0 Å². The molecule has 0 amide bonds. The third-order valence-corrected chi connectivity index (χ3v) is 4.66. The van der Waals surface area contributed by atoms with E-state index in [-0.39, 0.29) is 21.7 Å². The first-order valence-electron chi connectivity index (χ1n) is 6.81. The number of fused-ring (bicyclic) bond motifs is 1. The van der Waals surface area contributed by atoms with Crippen molar-refractivity contribution in [3.8, 4) is 0 Å². The Morgan fingerprint density at radius 1 is 1.50 bits per heavy atom. The van der Waals surface area contributed by atoms with E-state index in [1.807, 2.05) is 0 Å². The van der Waals surface area contributed by atoms with Crippen molar-refractivity contribution < 1.29 is 14.6 Å². The summed E-state index contributed by atoms with van der Waals surface area (Å²) >= 11 is 7.26. The molecule has 1 aliphatic heterocycles. The highest BCUT2D eigenvalue weighted by Crippen LogP contribution is 2.27. The number of aromatic carboxylic acids is 1. The first-order chi connectivity index (χ1) is 11.3. The average Bonchev–Trinajstić information content (AvgIpc) is 2.87. The quantitative estimate of drug-likeness (QED) is 0.637. The van der Waals surface area contributed by atoms with Gasteiger partial charge in [-0.15, -0.1) is 0 Å². The third kappa shape index (κ3) is 2.69. The molecule has 0 aliphatic carbocycles. The van der Waals surface area contributed by atoms with Crippen LogP contribution in [0.3, 0.4) is 0 Å². The van der Waals surface area contributed by atoms with Gasteiger partial charge in [0.25, 0.3) is 0 Å². The Hall–Kier alpha value is -1.94. The molecule has 1 unspecified atom stereocenters. The van der Waals surface area contributed by atoms with Gasteiger partial charge in [0.1, 0.15) is 10.7 Å². The molecule has 2 aromatic rings. The minimum Gasteiger partial charge on any atom is -0.477 e. The normalized spacial score (nSPS) is 18.2. The molecule has 3 rings (SSSR count). The molecule has 0 spiro atoms. The van der Waals surface area contributed by atoms with Gasteiger partial charge in [-0.05, 0) is 18.6 Å². The van der Waals surface area contributed by atoms with Crippen LogP contribution in [0.1, 0.15) is 15.9 Å². The fourth-order valence-corrected chi connectivity index (χ4v) is 3.52. The summed E-state index contributed by atoms with van der Waals surface area (Å²) in [5.41, 5.74) is -0.157. The maximum absolute atomic E-state index is 12.5. The maximum Gasteiger partial charge on any atom is 0.341 e. The molecule has 126 valence electrons. The zero-order chi connectivity index (χ0) is 17.6. The smallest absolute Gasteiger partial charge is 0.341 e. The van der Waals surface area contributed by atoms with Crippen molar-refractivity contribution in [1.29, 1.82) is 0 Å². The molecular weight excluding hydrogens is 356 g/mol. The number of halogens is 1. The van der Waals surface area contributed by atoms with Gasteiger partial charge in [-0.3, -0.25) is 9.36 Å². The number of aliphatic imine (C=N–C) groups is 1. The first kappa shape index (κ1) is 16.9. The molecule has 10 heteroatoms. The molecule has 0 saturated carbocycles. The van der Waals surface area contributed by atoms with E-state index in [9.17, 15) is 14.7 Å². The summed E-state index contributed by atoms with van der Waals surface area (Å²) in [6, 6.07) is 1.52. The van der Waals surface area contributed by atoms with Gasteiger partial charge in [-0.1, -0.05) is 11.6 Å². The van der Waals surface area contributed by atoms with Crippen molar-refractivity contribution in [1.82, 2.24) is 13.9 Å². The maximum atomic E-state index is 12.5. The van der Waals surface area contributed by atoms with Crippen LogP contribution >= 0.6 is 23.5 Å². The number of aromatic nitrogens is 2. The number of ether oxygens (including phenoxy) is 1. The summed E-state index contributed by atoms with van der Waals surface area (Å²) in [4.78, 5) is 32.5. The lowest BCUT2D eigenvalue weighted by Crippen LogP contribution is -2.22. The van der Waals surface area contributed by atoms with Gasteiger partial charge in [0, 0.05) is 32.3 Å². The Morgan fingerprint density at radius 2 is 2.21 bits per heavy atom. The standard InChI is InChI=1S/C14H13ClN4O4S/c1-6-4-8(15)16-11-9(6)10(20)7(12(21)22)5-19(11)14-17-13(23-3)18(2)24-14/h4-5,13H,1-3H3,(H,21,22). The molecule has 0 aromatic carbocycles. The summed E-state index contributed by atoms with van der Waals surface area (Å²) in [5.74, 6) is -1.31. The van der Waals surface area contributed by atoms with E-state index in [1.54, 1.807) is 18.3 Å². The minimum atomic E-state index is -1.31. The average molecular weight is 369 g/mol. The number of aryl methyl sites for hydroxylation is 1. The van der Waals surface area contributed by atoms with E-state index >= 15 is 0 Å². The lowest BCUT2D eigenvalue weighted by atomic mass is 10.1. The minimum absolute atomic E-state index is 0.200. The first-order valence-corrected chi connectivity index (χ1v) is 7.96. The number of rotatable bonds is 2. The third-order valence-electron chi connectivity index (χ3n) is 3.53. The summed E-state index contributed by atoms with van der Waals surface area (Å²) in [6.07, 6.45) is 0.695. The molecule has 1 N–H and O–H groups in total. The summed E-state index contributed by atoms with van der Waals surface area (Å²) in [7, 11) is 3.30. The predicted molar refractivity (Wildman–Crippen MR) is 91.7 cm³/mol. The number of nitrogens with zero attached hydrogens (tertiary/aromatic N) is 4. The lowest BCUT2D eigenvalue weighted by molar-refractivity contribution is 0.0441. The molecule has 0 bridgehead atoms. The highest BCUT2D eigenvalue weighted by Gasteiger charge is 2.28. The van der Waals surface area contributed by atoms with Crippen LogP contribution in [0.5, 0.6) is 0 Å². The highest BCUT2D eigenvalue weighted by atomic mass is 35.5. The number of hydrogen-bond acceptors (Lipinski definition) is 7. The second-order valence-corrected chi connectivity index (χ2v) is 6.63. The predicted octanol–water partition coefficient (Wildman–Crippen LogP) is 1.78. The monoisotopic (exact) mass is 368 g/mol. The van der Waals surface area contributed by atoms with E-state index in [0.29, 0.717) is 10.7 Å². The zero-order valence-corrected chi connectivity index (χ0v) is 14.6. The topological polar surface area (TPSA) is 97.0 Å². The number of hydrogen-bond donors (Lipinski definition) is 1. The van der Waals surface area contributed by atoms with Crippen LogP contribution in [0, 0.1) is 6.92 Å². The van der Waals surface area contributed by atoms with Gasteiger partial charge in [0.05, 0.1) is 5.39 Å². The number of carboxylic acids is 1. The Bertz CT molecular complexity index is 942. The van der Waals surface area contributed by atoms with Crippen LogP contribution in [-0.4, -0.2) is 50.6 Å². The van der Waals surface area contributed by atoms with E-state index in [2.05, 4.69) is 9.98 Å². The number of pyridine rings is 2. The summed E-state index contributed by atoms with van der Waals surface area (Å²) in [5, 5.41) is 10.2. The van der Waals surface area contributed by atoms with Crippen molar-refractivity contribution in [2.75, 3.05) is 14.2 Å². The summed E-state index contributed by atoms with van der Waals surface area (Å²) < 4.78 is 8.42. The number of methoxy groups -OCH3 is 1. The van der Waals surface area contributed by atoms with Crippen molar-refractivity contribution in [3.05, 3.63) is 38.8 Å². The number of carboxylic acid groups (broad SMARTS) is 1. The SMILES string of the molecule is COC1N=C(n2cc(C(=O)O)c(=O)c3c(C)cc(Cl)nc32)SN1C.